The van der Waals surface area contributed by atoms with Crippen LogP contribution in [0.5, 0.6) is 5.75 Å². The van der Waals surface area contributed by atoms with E-state index in [1.54, 1.807) is 19.9 Å². The number of nitrogens with one attached hydrogen (secondary N) is 1. The van der Waals surface area contributed by atoms with E-state index in [9.17, 15) is 40.9 Å². The molecule has 15 nitrogen and oxygen atoms in total. The Morgan fingerprint density at radius 2 is 1.58 bits per heavy atom. The Kier molecular flexibility index (Phi) is 5.83. The number of hydrogen-bond donors (Lipinski definition) is 10. The van der Waals surface area contributed by atoms with E-state index in [1.165, 1.54) is 12.1 Å². The first kappa shape index (κ1) is 24.6. The Balaban J connectivity index is 2.09. The summed E-state index contributed by atoms with van der Waals surface area (Å²) in [6.45, 7) is 3.58. The van der Waals surface area contributed by atoms with Crippen LogP contribution in [0.4, 0.5) is 11.5 Å². The smallest absolute Gasteiger partial charge is 0.362 e. The van der Waals surface area contributed by atoms with Crippen molar-refractivity contribution in [3.63, 3.8) is 0 Å². The average Bonchev–Trinajstić information content (AvgIpc) is 2.66. The van der Waals surface area contributed by atoms with Crippen molar-refractivity contribution in [2.45, 2.75) is 43.7 Å². The van der Waals surface area contributed by atoms with Crippen molar-refractivity contribution in [3.05, 3.63) is 41.9 Å². The highest BCUT2D eigenvalue weighted by molar-refractivity contribution is 6.13. The van der Waals surface area contributed by atoms with Crippen molar-refractivity contribution in [2.24, 2.45) is 0 Å². The SMILES string of the molecule is CC(C)Oc1ccc(N)c(C(=N)c2cc(N3C(O)(O)C(O)(O)OC(O)(O)C3(O)O)ncn2)c1. The van der Waals surface area contributed by atoms with Gasteiger partial charge in [0.05, 0.1) is 17.5 Å². The third-order valence-electron chi connectivity index (χ3n) is 4.59. The number of hydrogen-bond acceptors (Lipinski definition) is 15. The molecular weight excluding hydrogens is 446 g/mol. The van der Waals surface area contributed by atoms with Crippen molar-refractivity contribution >= 4 is 17.2 Å². The Morgan fingerprint density at radius 3 is 2.12 bits per heavy atom. The monoisotopic (exact) mass is 469 g/mol. The van der Waals surface area contributed by atoms with E-state index < -0.39 is 34.5 Å². The molecule has 0 radical (unpaired) electrons. The lowest BCUT2D eigenvalue weighted by atomic mass is 10.0. The molecule has 1 aromatic heterocycles. The van der Waals surface area contributed by atoms with E-state index in [2.05, 4.69) is 14.7 Å². The second kappa shape index (κ2) is 7.80. The molecule has 180 valence electrons. The molecule has 2 aromatic rings. The summed E-state index contributed by atoms with van der Waals surface area (Å²) in [5.41, 5.74) is 5.60. The highest BCUT2D eigenvalue weighted by Crippen LogP contribution is 2.43. The quantitative estimate of drug-likeness (QED) is 0.117. The summed E-state index contributed by atoms with van der Waals surface area (Å²) in [7, 11) is 0. The van der Waals surface area contributed by atoms with Gasteiger partial charge >= 0.3 is 23.8 Å². The fourth-order valence-electron chi connectivity index (χ4n) is 3.00. The summed E-state index contributed by atoms with van der Waals surface area (Å²) < 4.78 is 9.38. The number of nitrogens with two attached hydrogens (primary N) is 1. The fraction of sp³-hybridized carbons (Fsp3) is 0.389. The van der Waals surface area contributed by atoms with E-state index in [1.807, 2.05) is 0 Å². The van der Waals surface area contributed by atoms with Gasteiger partial charge < -0.3 is 51.3 Å². The zero-order chi connectivity index (χ0) is 25.0. The number of nitrogen functional groups attached to an aromatic ring is 1. The van der Waals surface area contributed by atoms with Crippen LogP contribution in [0, 0.1) is 5.41 Å². The van der Waals surface area contributed by atoms with Crippen molar-refractivity contribution in [1.82, 2.24) is 9.97 Å². The maximum absolute atomic E-state index is 10.2. The average molecular weight is 469 g/mol. The highest BCUT2D eigenvalue weighted by Gasteiger charge is 2.75. The van der Waals surface area contributed by atoms with E-state index in [4.69, 9.17) is 15.9 Å². The van der Waals surface area contributed by atoms with Crippen LogP contribution in [0.1, 0.15) is 25.1 Å². The van der Waals surface area contributed by atoms with Crippen LogP contribution >= 0.6 is 0 Å². The lowest BCUT2D eigenvalue weighted by Gasteiger charge is -2.55. The number of rotatable bonds is 5. The highest BCUT2D eigenvalue weighted by atomic mass is 16.9. The van der Waals surface area contributed by atoms with Crippen LogP contribution in [-0.2, 0) is 4.74 Å². The summed E-state index contributed by atoms with van der Waals surface area (Å²) in [4.78, 5) is 6.94. The first-order valence-electron chi connectivity index (χ1n) is 9.28. The fourth-order valence-corrected chi connectivity index (χ4v) is 3.00. The number of aromatic nitrogens is 2. The number of nitrogens with zero attached hydrogens (tertiary/aromatic N) is 3. The van der Waals surface area contributed by atoms with Crippen molar-refractivity contribution in [3.8, 4) is 5.75 Å². The number of anilines is 2. The van der Waals surface area contributed by atoms with Gasteiger partial charge in [-0.2, -0.15) is 0 Å². The molecule has 33 heavy (non-hydrogen) atoms. The molecule has 1 aromatic carbocycles. The van der Waals surface area contributed by atoms with Crippen molar-refractivity contribution in [2.75, 3.05) is 10.6 Å². The Labute approximate surface area is 185 Å². The van der Waals surface area contributed by atoms with Gasteiger partial charge in [-0.1, -0.05) is 0 Å². The Bertz CT molecular complexity index is 1050. The van der Waals surface area contributed by atoms with Gasteiger partial charge in [-0.05, 0) is 32.0 Å². The Hall–Kier alpha value is -2.99. The van der Waals surface area contributed by atoms with E-state index >= 15 is 0 Å². The lowest BCUT2D eigenvalue weighted by molar-refractivity contribution is -0.606. The largest absolute Gasteiger partial charge is 0.491 e. The number of aliphatic hydroxyl groups is 8. The van der Waals surface area contributed by atoms with Gasteiger partial charge in [0.1, 0.15) is 17.9 Å². The molecule has 0 spiro atoms. The maximum Gasteiger partial charge on any atom is 0.362 e. The molecule has 1 fully saturated rings. The molecule has 1 aliphatic heterocycles. The minimum absolute atomic E-state index is 0.135. The summed E-state index contributed by atoms with van der Waals surface area (Å²) in [6, 6.07) is 5.28. The summed E-state index contributed by atoms with van der Waals surface area (Å²) in [5, 5.41) is 88.0. The van der Waals surface area contributed by atoms with Crippen LogP contribution in [0.2, 0.25) is 0 Å². The van der Waals surface area contributed by atoms with Gasteiger partial charge in [-0.15, -0.1) is 0 Å². The first-order valence-corrected chi connectivity index (χ1v) is 9.28. The standard InChI is InChI=1S/C18H23N5O10/c1-8(2)32-9-3-4-11(19)10(5-9)14(20)12-6-13(22-7-21-12)23-15(24,25)17(28,29)33-18(30,31)16(23,26)27/h3-8,20,24-31H,19H2,1-2H3. The van der Waals surface area contributed by atoms with E-state index in [0.717, 1.165) is 12.4 Å². The molecule has 2 heterocycles. The topological polar surface area (TPSA) is 259 Å². The van der Waals surface area contributed by atoms with Crippen molar-refractivity contribution < 1.29 is 50.3 Å². The molecule has 0 saturated carbocycles. The number of benzene rings is 1. The lowest BCUT2D eigenvalue weighted by Crippen LogP contribution is -2.84. The van der Waals surface area contributed by atoms with Crippen LogP contribution in [0.25, 0.3) is 0 Å². The van der Waals surface area contributed by atoms with E-state index in [0.29, 0.717) is 5.75 Å². The minimum Gasteiger partial charge on any atom is -0.491 e. The molecule has 0 unspecified atom stereocenters. The normalized spacial score (nSPS) is 20.5. The Morgan fingerprint density at radius 1 is 1.00 bits per heavy atom. The van der Waals surface area contributed by atoms with Crippen LogP contribution in [0.15, 0.2) is 30.6 Å². The second-order valence-electron chi connectivity index (χ2n) is 7.48. The molecule has 1 saturated heterocycles. The molecule has 1 aliphatic rings. The molecule has 3 rings (SSSR count). The predicted molar refractivity (Wildman–Crippen MR) is 107 cm³/mol. The van der Waals surface area contributed by atoms with Crippen molar-refractivity contribution in [1.29, 1.82) is 5.41 Å². The maximum atomic E-state index is 10.2. The first-order chi connectivity index (χ1) is 15.0. The third kappa shape index (κ3) is 4.08. The van der Waals surface area contributed by atoms with Crippen LogP contribution in [-0.4, -0.2) is 86.4 Å². The van der Waals surface area contributed by atoms with Gasteiger partial charge in [0.15, 0.2) is 0 Å². The van der Waals surface area contributed by atoms with Gasteiger partial charge in [0.2, 0.25) is 0 Å². The zero-order valence-electron chi connectivity index (χ0n) is 17.3. The molecule has 0 atom stereocenters. The summed E-state index contributed by atoms with van der Waals surface area (Å²) in [6.07, 6.45) is 0.569. The zero-order valence-corrected chi connectivity index (χ0v) is 17.3. The van der Waals surface area contributed by atoms with E-state index in [-0.39, 0.29) is 28.8 Å². The van der Waals surface area contributed by atoms with Gasteiger partial charge in [0.25, 0.3) is 0 Å². The number of ether oxygens (including phenoxy) is 2. The molecule has 15 heteroatoms. The van der Waals surface area contributed by atoms with Gasteiger partial charge in [-0.25, -0.2) is 14.9 Å². The summed E-state index contributed by atoms with van der Waals surface area (Å²) in [5.74, 6) is -17.0. The van der Waals surface area contributed by atoms with Gasteiger partial charge in [-0.3, -0.25) is 10.1 Å². The second-order valence-corrected chi connectivity index (χ2v) is 7.48. The molecule has 11 N–H and O–H groups in total. The van der Waals surface area contributed by atoms with Gasteiger partial charge in [0, 0.05) is 17.3 Å². The van der Waals surface area contributed by atoms with Crippen LogP contribution in [0.3, 0.4) is 0 Å². The van der Waals surface area contributed by atoms with Crippen LogP contribution < -0.4 is 15.4 Å². The number of morpholine rings is 1. The molecule has 0 aliphatic carbocycles. The third-order valence-corrected chi connectivity index (χ3v) is 4.59. The molecule has 0 bridgehead atoms. The molecule has 0 amide bonds. The minimum atomic E-state index is -4.16. The summed E-state index contributed by atoms with van der Waals surface area (Å²) >= 11 is 0. The molecular formula is C18H23N5O10. The predicted octanol–water partition coefficient (Wildman–Crippen LogP) is -3.35.